The lowest BCUT2D eigenvalue weighted by molar-refractivity contribution is -0.172. The van der Waals surface area contributed by atoms with E-state index in [4.69, 9.17) is 0 Å². The number of halogens is 3. The number of fused-ring (bicyclic) bond motifs is 1. The molecule has 2 aromatic rings. The molecule has 39 heavy (non-hydrogen) atoms. The molecule has 2 aromatic heterocycles. The number of amides is 1. The minimum atomic E-state index is -4.41. The van der Waals surface area contributed by atoms with Crippen molar-refractivity contribution in [1.29, 1.82) is 0 Å². The van der Waals surface area contributed by atoms with Gasteiger partial charge in [0.2, 0.25) is 11.9 Å². The Morgan fingerprint density at radius 1 is 1.13 bits per heavy atom. The topological polar surface area (TPSA) is 94.8 Å². The maximum absolute atomic E-state index is 13.5. The summed E-state index contributed by atoms with van der Waals surface area (Å²) in [5.41, 5.74) is -1.70. The summed E-state index contributed by atoms with van der Waals surface area (Å²) in [5, 5.41) is 12.4. The minimum absolute atomic E-state index is 0.0438. The first-order valence-corrected chi connectivity index (χ1v) is 13.8. The van der Waals surface area contributed by atoms with Crippen LogP contribution in [0.25, 0.3) is 10.9 Å². The van der Waals surface area contributed by atoms with Crippen molar-refractivity contribution in [3.05, 3.63) is 28.8 Å². The van der Waals surface area contributed by atoms with Crippen molar-refractivity contribution in [2.45, 2.75) is 63.8 Å². The summed E-state index contributed by atoms with van der Waals surface area (Å²) >= 11 is 0. The van der Waals surface area contributed by atoms with Gasteiger partial charge in [-0.25, -0.2) is 9.97 Å². The van der Waals surface area contributed by atoms with Crippen LogP contribution in [0.1, 0.15) is 45.4 Å². The lowest BCUT2D eigenvalue weighted by Gasteiger charge is -2.52. The van der Waals surface area contributed by atoms with Crippen LogP contribution in [0, 0.1) is 11.3 Å². The summed E-state index contributed by atoms with van der Waals surface area (Å²) in [6.07, 6.45) is 0.842. The summed E-state index contributed by atoms with van der Waals surface area (Å²) in [7, 11) is 2.07. The second kappa shape index (κ2) is 10.3. The zero-order valence-corrected chi connectivity index (χ0v) is 22.6. The molecule has 0 radical (unpaired) electrons. The number of aliphatic hydroxyl groups is 1. The van der Waals surface area contributed by atoms with Gasteiger partial charge in [-0.2, -0.15) is 13.2 Å². The Morgan fingerprint density at radius 2 is 1.82 bits per heavy atom. The number of anilines is 1. The first kappa shape index (κ1) is 27.8. The van der Waals surface area contributed by atoms with Gasteiger partial charge in [-0.15, -0.1) is 0 Å². The number of likely N-dealkylation sites (tertiary alicyclic amines) is 1. The first-order chi connectivity index (χ1) is 18.4. The maximum Gasteiger partial charge on any atom is 0.389 e. The van der Waals surface area contributed by atoms with E-state index in [9.17, 15) is 27.9 Å². The number of carbonyl (C=O) groups is 1. The van der Waals surface area contributed by atoms with Crippen molar-refractivity contribution in [1.82, 2.24) is 24.3 Å². The molecule has 2 aliphatic heterocycles. The largest absolute Gasteiger partial charge is 0.389 e. The van der Waals surface area contributed by atoms with E-state index < -0.39 is 35.4 Å². The van der Waals surface area contributed by atoms with E-state index in [1.54, 1.807) is 18.5 Å². The zero-order chi connectivity index (χ0) is 28.0. The molecule has 3 aliphatic rings. The Hall–Kier alpha value is -2.73. The van der Waals surface area contributed by atoms with Gasteiger partial charge in [0.25, 0.3) is 5.56 Å². The maximum atomic E-state index is 13.5. The van der Waals surface area contributed by atoms with Crippen LogP contribution in [-0.2, 0) is 11.3 Å². The van der Waals surface area contributed by atoms with Crippen molar-refractivity contribution in [2.24, 2.45) is 11.3 Å². The van der Waals surface area contributed by atoms with Crippen LogP contribution in [0.2, 0.25) is 0 Å². The van der Waals surface area contributed by atoms with Gasteiger partial charge in [-0.1, -0.05) is 19.8 Å². The van der Waals surface area contributed by atoms with Crippen LogP contribution in [0.5, 0.6) is 0 Å². The van der Waals surface area contributed by atoms with Crippen molar-refractivity contribution >= 4 is 22.8 Å². The zero-order valence-electron chi connectivity index (χ0n) is 22.6. The summed E-state index contributed by atoms with van der Waals surface area (Å²) in [6, 6.07) is 1.76. The number of alkyl halides is 3. The Balaban J connectivity index is 1.36. The Kier molecular flexibility index (Phi) is 7.38. The standard InChI is InChI=1S/C27H37F3N6O3/c1-19(15-27(28,29)30)22(37)36-10-8-26(39,25(17-36)6-3-4-7-25)18-35-9-5-21-20(23(35)38)16-31-24(32-21)34-13-11-33(2)12-14-34/h5,9,16,19,39H,3-4,6-8,10-15,17-18H2,1-2H3/t19-,26?/m1/s1. The highest BCUT2D eigenvalue weighted by Gasteiger charge is 2.56. The number of aromatic nitrogens is 3. The average molecular weight is 551 g/mol. The van der Waals surface area contributed by atoms with Crippen molar-refractivity contribution in [2.75, 3.05) is 51.2 Å². The third-order valence-corrected chi connectivity index (χ3v) is 9.03. The quantitative estimate of drug-likeness (QED) is 0.612. The van der Waals surface area contributed by atoms with Gasteiger partial charge >= 0.3 is 6.18 Å². The van der Waals surface area contributed by atoms with Gasteiger partial charge < -0.3 is 24.4 Å². The Labute approximate surface area is 225 Å². The smallest absolute Gasteiger partial charge is 0.387 e. The number of pyridine rings is 1. The Bertz CT molecular complexity index is 1270. The molecule has 4 heterocycles. The molecule has 1 N–H and O–H groups in total. The highest BCUT2D eigenvalue weighted by molar-refractivity contribution is 5.79. The molecule has 9 nitrogen and oxygen atoms in total. The Morgan fingerprint density at radius 3 is 2.49 bits per heavy atom. The lowest BCUT2D eigenvalue weighted by Crippen LogP contribution is -2.62. The van der Waals surface area contributed by atoms with E-state index in [0.717, 1.165) is 39.0 Å². The molecule has 214 valence electrons. The summed E-state index contributed by atoms with van der Waals surface area (Å²) in [5.74, 6) is -1.11. The molecule has 1 amide bonds. The molecule has 3 fully saturated rings. The normalized spacial score (nSPS) is 25.0. The summed E-state index contributed by atoms with van der Waals surface area (Å²) in [6.45, 7) is 5.14. The molecule has 5 rings (SSSR count). The van der Waals surface area contributed by atoms with Gasteiger partial charge in [0, 0.05) is 63.0 Å². The molecular weight excluding hydrogens is 513 g/mol. The van der Waals surface area contributed by atoms with E-state index in [1.807, 2.05) is 0 Å². The number of rotatable bonds is 5. The van der Waals surface area contributed by atoms with E-state index in [2.05, 4.69) is 26.8 Å². The van der Waals surface area contributed by atoms with Crippen molar-refractivity contribution in [3.63, 3.8) is 0 Å². The molecule has 1 spiro atoms. The van der Waals surface area contributed by atoms with Crippen molar-refractivity contribution in [3.8, 4) is 0 Å². The highest BCUT2D eigenvalue weighted by atomic mass is 19.4. The number of hydrogen-bond donors (Lipinski definition) is 1. The monoisotopic (exact) mass is 550 g/mol. The third kappa shape index (κ3) is 5.50. The molecule has 2 saturated heterocycles. The number of hydrogen-bond acceptors (Lipinski definition) is 7. The highest BCUT2D eigenvalue weighted by Crippen LogP contribution is 2.51. The number of carbonyl (C=O) groups excluding carboxylic acids is 1. The van der Waals surface area contributed by atoms with E-state index in [0.29, 0.717) is 29.7 Å². The van der Waals surface area contributed by atoms with E-state index in [1.165, 1.54) is 16.4 Å². The molecule has 1 aliphatic carbocycles. The fourth-order valence-electron chi connectivity index (χ4n) is 6.66. The fourth-order valence-corrected chi connectivity index (χ4v) is 6.66. The van der Waals surface area contributed by atoms with Gasteiger partial charge in [-0.3, -0.25) is 9.59 Å². The summed E-state index contributed by atoms with van der Waals surface area (Å²) < 4.78 is 40.2. The second-order valence-electron chi connectivity index (χ2n) is 11.8. The molecule has 1 unspecified atom stereocenters. The second-order valence-corrected chi connectivity index (χ2v) is 11.8. The van der Waals surface area contributed by atoms with Crippen LogP contribution < -0.4 is 10.5 Å². The number of nitrogens with zero attached hydrogens (tertiary/aromatic N) is 6. The van der Waals surface area contributed by atoms with E-state index >= 15 is 0 Å². The van der Waals surface area contributed by atoms with Crippen LogP contribution >= 0.6 is 0 Å². The predicted octanol–water partition coefficient (Wildman–Crippen LogP) is 2.66. The molecule has 0 aromatic carbocycles. The predicted molar refractivity (Wildman–Crippen MR) is 140 cm³/mol. The minimum Gasteiger partial charge on any atom is -0.387 e. The lowest BCUT2D eigenvalue weighted by atomic mass is 9.65. The number of likely N-dealkylation sites (N-methyl/N-ethyl adjacent to an activating group) is 1. The molecule has 2 atom stereocenters. The van der Waals surface area contributed by atoms with Crippen LogP contribution in [0.4, 0.5) is 19.1 Å². The van der Waals surface area contributed by atoms with Crippen LogP contribution in [0.3, 0.4) is 0 Å². The molecule has 1 saturated carbocycles. The first-order valence-electron chi connectivity index (χ1n) is 13.8. The van der Waals surface area contributed by atoms with Crippen LogP contribution in [0.15, 0.2) is 23.3 Å². The number of piperidine rings is 1. The molecule has 12 heteroatoms. The van der Waals surface area contributed by atoms with Gasteiger partial charge in [0.15, 0.2) is 0 Å². The van der Waals surface area contributed by atoms with Gasteiger partial charge in [-0.05, 0) is 32.4 Å². The number of piperazine rings is 1. The fraction of sp³-hybridized carbons (Fsp3) is 0.704. The average Bonchev–Trinajstić information content (AvgIpc) is 3.36. The van der Waals surface area contributed by atoms with Crippen molar-refractivity contribution < 1.29 is 23.1 Å². The van der Waals surface area contributed by atoms with E-state index in [-0.39, 0.29) is 31.6 Å². The third-order valence-electron chi connectivity index (χ3n) is 9.03. The molecule has 0 bridgehead atoms. The molecular formula is C27H37F3N6O3. The van der Waals surface area contributed by atoms with Gasteiger partial charge in [0.05, 0.1) is 29.5 Å². The summed E-state index contributed by atoms with van der Waals surface area (Å²) in [4.78, 5) is 41.3. The van der Waals surface area contributed by atoms with Crippen LogP contribution in [-0.4, -0.2) is 93.4 Å². The SMILES string of the molecule is C[C@H](CC(F)(F)F)C(=O)N1CCC(O)(Cn2ccc3nc(N4CCN(C)CC4)ncc3c2=O)C2(CCCC2)C1. The van der Waals surface area contributed by atoms with Gasteiger partial charge in [0.1, 0.15) is 0 Å².